The van der Waals surface area contributed by atoms with Gasteiger partial charge in [0, 0.05) is 24.9 Å². The van der Waals surface area contributed by atoms with Gasteiger partial charge in [0.25, 0.3) is 0 Å². The summed E-state index contributed by atoms with van der Waals surface area (Å²) in [6.45, 7) is 2.94. The Balaban J connectivity index is 1.38. The molecule has 146 valence electrons. The van der Waals surface area contributed by atoms with E-state index in [1.807, 2.05) is 72.2 Å². The smallest absolute Gasteiger partial charge is 0.315 e. The molecule has 4 aromatic rings. The van der Waals surface area contributed by atoms with E-state index in [0.29, 0.717) is 13.1 Å². The first-order valence-electron chi connectivity index (χ1n) is 9.75. The number of hydrogen-bond acceptors (Lipinski definition) is 2. The van der Waals surface area contributed by atoms with Crippen molar-refractivity contribution in [3.8, 4) is 0 Å². The van der Waals surface area contributed by atoms with Crippen molar-refractivity contribution in [1.82, 2.24) is 20.0 Å². The first kappa shape index (κ1) is 18.7. The Bertz CT molecular complexity index is 1050. The van der Waals surface area contributed by atoms with Crippen molar-refractivity contribution in [3.63, 3.8) is 0 Å². The number of nitrogens with one attached hydrogen (secondary N) is 2. The molecule has 4 rings (SSSR count). The number of hydrogen-bond donors (Lipinski definition) is 2. The van der Waals surface area contributed by atoms with Crippen LogP contribution < -0.4 is 10.6 Å². The van der Waals surface area contributed by atoms with Crippen LogP contribution >= 0.6 is 0 Å². The number of carbonyl (C=O) groups excluding carboxylic acids is 1. The zero-order chi connectivity index (χ0) is 20.1. The highest BCUT2D eigenvalue weighted by Crippen LogP contribution is 2.23. The van der Waals surface area contributed by atoms with Crippen molar-refractivity contribution in [2.75, 3.05) is 6.54 Å². The van der Waals surface area contributed by atoms with Crippen LogP contribution in [0, 0.1) is 6.92 Å². The van der Waals surface area contributed by atoms with Gasteiger partial charge in [-0.05, 0) is 35.7 Å². The first-order valence-corrected chi connectivity index (χ1v) is 9.75. The third-order valence-corrected chi connectivity index (χ3v) is 4.97. The average Bonchev–Trinajstić information content (AvgIpc) is 3.16. The number of aromatic nitrogens is 2. The van der Waals surface area contributed by atoms with E-state index in [0.717, 1.165) is 16.9 Å². The first-order chi connectivity index (χ1) is 14.2. The Morgan fingerprint density at radius 2 is 1.62 bits per heavy atom. The fourth-order valence-corrected chi connectivity index (χ4v) is 3.45. The quantitative estimate of drug-likeness (QED) is 0.521. The number of imidazole rings is 1. The van der Waals surface area contributed by atoms with E-state index in [2.05, 4.69) is 39.9 Å². The summed E-state index contributed by atoms with van der Waals surface area (Å²) in [5, 5.41) is 5.92. The van der Waals surface area contributed by atoms with Gasteiger partial charge in [-0.2, -0.15) is 0 Å². The third-order valence-electron chi connectivity index (χ3n) is 4.97. The van der Waals surface area contributed by atoms with Crippen LogP contribution in [0.1, 0.15) is 28.3 Å². The van der Waals surface area contributed by atoms with Crippen LogP contribution in [0.25, 0.3) is 5.65 Å². The van der Waals surface area contributed by atoms with Crippen LogP contribution in [-0.4, -0.2) is 22.0 Å². The number of rotatable bonds is 6. The fourth-order valence-electron chi connectivity index (χ4n) is 3.45. The largest absolute Gasteiger partial charge is 0.337 e. The minimum atomic E-state index is -0.199. The van der Waals surface area contributed by atoms with Crippen LogP contribution in [0.2, 0.25) is 0 Å². The minimum Gasteiger partial charge on any atom is -0.337 e. The Morgan fingerprint density at radius 1 is 0.966 bits per heavy atom. The van der Waals surface area contributed by atoms with Crippen molar-refractivity contribution in [2.45, 2.75) is 19.4 Å². The Hall–Kier alpha value is -3.60. The molecule has 0 bridgehead atoms. The molecule has 0 atom stereocenters. The molecule has 0 aliphatic carbocycles. The van der Waals surface area contributed by atoms with Crippen molar-refractivity contribution in [2.24, 2.45) is 0 Å². The summed E-state index contributed by atoms with van der Waals surface area (Å²) >= 11 is 0. The van der Waals surface area contributed by atoms with Crippen molar-refractivity contribution < 1.29 is 4.79 Å². The summed E-state index contributed by atoms with van der Waals surface area (Å²) in [4.78, 5) is 17.0. The molecular weight excluding hydrogens is 360 g/mol. The predicted molar refractivity (Wildman–Crippen MR) is 115 cm³/mol. The molecular formula is C24H24N4O. The summed E-state index contributed by atoms with van der Waals surface area (Å²) in [5.74, 6) is 0.0984. The molecule has 2 N–H and O–H groups in total. The van der Waals surface area contributed by atoms with E-state index in [9.17, 15) is 4.79 Å². The number of benzene rings is 2. The lowest BCUT2D eigenvalue weighted by atomic mass is 9.91. The van der Waals surface area contributed by atoms with E-state index in [1.54, 1.807) is 0 Å². The second-order valence-corrected chi connectivity index (χ2v) is 7.14. The topological polar surface area (TPSA) is 58.4 Å². The van der Waals surface area contributed by atoms with Gasteiger partial charge in [0.2, 0.25) is 0 Å². The monoisotopic (exact) mass is 384 g/mol. The predicted octanol–water partition coefficient (Wildman–Crippen LogP) is 4.27. The van der Waals surface area contributed by atoms with E-state index in [-0.39, 0.29) is 11.9 Å². The highest BCUT2D eigenvalue weighted by atomic mass is 16.2. The lowest BCUT2D eigenvalue weighted by Crippen LogP contribution is -2.37. The van der Waals surface area contributed by atoms with Gasteiger partial charge >= 0.3 is 6.03 Å². The number of fused-ring (bicyclic) bond motifs is 1. The molecule has 2 heterocycles. The van der Waals surface area contributed by atoms with Gasteiger partial charge in [-0.1, -0.05) is 60.7 Å². The zero-order valence-electron chi connectivity index (χ0n) is 16.4. The van der Waals surface area contributed by atoms with Crippen molar-refractivity contribution in [1.29, 1.82) is 0 Å². The van der Waals surface area contributed by atoms with Gasteiger partial charge in [0.1, 0.15) is 5.65 Å². The third kappa shape index (κ3) is 4.63. The summed E-state index contributed by atoms with van der Waals surface area (Å²) in [7, 11) is 0. The molecule has 0 aliphatic rings. The molecule has 0 spiro atoms. The van der Waals surface area contributed by atoms with E-state index in [4.69, 9.17) is 0 Å². The van der Waals surface area contributed by atoms with Crippen LogP contribution in [0.15, 0.2) is 85.2 Å². The van der Waals surface area contributed by atoms with Crippen molar-refractivity contribution >= 4 is 11.7 Å². The Kier molecular flexibility index (Phi) is 5.56. The van der Waals surface area contributed by atoms with E-state index >= 15 is 0 Å². The maximum absolute atomic E-state index is 12.4. The number of urea groups is 1. The maximum Gasteiger partial charge on any atom is 0.315 e. The maximum atomic E-state index is 12.4. The van der Waals surface area contributed by atoms with Crippen LogP contribution in [0.3, 0.4) is 0 Å². The molecule has 5 heteroatoms. The van der Waals surface area contributed by atoms with Gasteiger partial charge in [-0.3, -0.25) is 0 Å². The molecule has 0 fully saturated rings. The normalized spacial score (nSPS) is 11.0. The molecule has 0 aliphatic heterocycles. The van der Waals surface area contributed by atoms with Gasteiger partial charge in [0.05, 0.1) is 12.2 Å². The van der Waals surface area contributed by atoms with Gasteiger partial charge in [0.15, 0.2) is 0 Å². The van der Waals surface area contributed by atoms with Gasteiger partial charge in [-0.25, -0.2) is 9.78 Å². The summed E-state index contributed by atoms with van der Waals surface area (Å²) in [5.41, 5.74) is 5.22. The van der Waals surface area contributed by atoms with Crippen LogP contribution in [0.5, 0.6) is 0 Å². The molecule has 0 saturated carbocycles. The highest BCUT2D eigenvalue weighted by Gasteiger charge is 2.15. The van der Waals surface area contributed by atoms with Crippen LogP contribution in [-0.2, 0) is 6.54 Å². The van der Waals surface area contributed by atoms with Crippen LogP contribution in [0.4, 0.5) is 4.79 Å². The number of pyridine rings is 1. The summed E-state index contributed by atoms with van der Waals surface area (Å²) < 4.78 is 1.96. The number of nitrogens with zero attached hydrogens (tertiary/aromatic N) is 2. The SMILES string of the molecule is Cc1ccn2cc(CNC(=O)NCC(c3ccccc3)c3ccccc3)nc2c1. The van der Waals surface area contributed by atoms with Gasteiger partial charge in [-0.15, -0.1) is 0 Å². The second kappa shape index (κ2) is 8.61. The number of carbonyl (C=O) groups is 1. The lowest BCUT2D eigenvalue weighted by molar-refractivity contribution is 0.240. The minimum absolute atomic E-state index is 0.0984. The van der Waals surface area contributed by atoms with E-state index in [1.165, 1.54) is 11.1 Å². The zero-order valence-corrected chi connectivity index (χ0v) is 16.4. The Morgan fingerprint density at radius 3 is 2.28 bits per heavy atom. The molecule has 2 aromatic heterocycles. The molecule has 0 saturated heterocycles. The molecule has 5 nitrogen and oxygen atoms in total. The lowest BCUT2D eigenvalue weighted by Gasteiger charge is -2.19. The molecule has 29 heavy (non-hydrogen) atoms. The standard InChI is InChI=1S/C24H24N4O/c1-18-12-13-28-17-21(27-23(28)14-18)15-25-24(29)26-16-22(19-8-4-2-5-9-19)20-10-6-3-7-11-20/h2-14,17,22H,15-16H2,1H3,(H2,25,26,29). The molecule has 0 unspecified atom stereocenters. The molecule has 2 aromatic carbocycles. The second-order valence-electron chi connectivity index (χ2n) is 7.14. The highest BCUT2D eigenvalue weighted by molar-refractivity contribution is 5.74. The average molecular weight is 384 g/mol. The molecule has 2 amide bonds. The number of amides is 2. The van der Waals surface area contributed by atoms with E-state index < -0.39 is 0 Å². The summed E-state index contributed by atoms with van der Waals surface area (Å²) in [6, 6.07) is 24.3. The van der Waals surface area contributed by atoms with Gasteiger partial charge < -0.3 is 15.0 Å². The number of aryl methyl sites for hydroxylation is 1. The fraction of sp³-hybridized carbons (Fsp3) is 0.167. The molecule has 0 radical (unpaired) electrons. The van der Waals surface area contributed by atoms with Crippen molar-refractivity contribution in [3.05, 3.63) is 108 Å². The summed E-state index contributed by atoms with van der Waals surface area (Å²) in [6.07, 6.45) is 3.91. The Labute approximate surface area is 170 Å².